The molecule has 0 unspecified atom stereocenters. The van der Waals surface area contributed by atoms with Crippen molar-refractivity contribution in [3.63, 3.8) is 0 Å². The number of carbonyl (C=O) groups excluding carboxylic acids is 2. The first-order chi connectivity index (χ1) is 12.9. The predicted octanol–water partition coefficient (Wildman–Crippen LogP) is 0.968. The Bertz CT molecular complexity index is 832. The van der Waals surface area contributed by atoms with Gasteiger partial charge in [0, 0.05) is 27.2 Å². The number of rotatable bonds is 6. The number of anilines is 2. The molecule has 1 N–H and O–H groups in total. The fourth-order valence-electron chi connectivity index (χ4n) is 2.47. The maximum atomic E-state index is 12.3. The Morgan fingerprint density at radius 3 is 2.52 bits per heavy atom. The van der Waals surface area contributed by atoms with E-state index in [1.165, 1.54) is 18.3 Å². The van der Waals surface area contributed by atoms with E-state index in [4.69, 9.17) is 4.74 Å². The molecule has 0 saturated carbocycles. The molecule has 1 saturated heterocycles. The fourth-order valence-corrected chi connectivity index (χ4v) is 3.29. The first-order valence-corrected chi connectivity index (χ1v) is 9.39. The van der Waals surface area contributed by atoms with Crippen LogP contribution in [-0.2, 0) is 11.3 Å². The highest BCUT2D eigenvalue weighted by Gasteiger charge is 2.18. The summed E-state index contributed by atoms with van der Waals surface area (Å²) in [5.74, 6) is 1.28. The van der Waals surface area contributed by atoms with Gasteiger partial charge in [0.15, 0.2) is 11.6 Å². The summed E-state index contributed by atoms with van der Waals surface area (Å²) >= 11 is 1.17. The minimum atomic E-state index is -0.257. The third-order valence-electron chi connectivity index (χ3n) is 3.94. The van der Waals surface area contributed by atoms with E-state index in [1.807, 2.05) is 19.0 Å². The van der Waals surface area contributed by atoms with Crippen LogP contribution in [-0.4, -0.2) is 67.0 Å². The third-order valence-corrected chi connectivity index (χ3v) is 5.12. The van der Waals surface area contributed by atoms with Gasteiger partial charge >= 0.3 is 0 Å². The minimum Gasteiger partial charge on any atom is -0.378 e. The number of nitrogens with one attached hydrogen (secondary N) is 1. The number of thiophene rings is 1. The van der Waals surface area contributed by atoms with E-state index in [0.717, 1.165) is 0 Å². The summed E-state index contributed by atoms with van der Waals surface area (Å²) in [4.78, 5) is 42.0. The van der Waals surface area contributed by atoms with E-state index in [9.17, 15) is 9.59 Å². The van der Waals surface area contributed by atoms with Crippen LogP contribution in [0, 0.1) is 0 Å². The van der Waals surface area contributed by atoms with Crippen LogP contribution in [0.15, 0.2) is 12.1 Å². The molecule has 1 aliphatic rings. The average molecular weight is 390 g/mol. The number of nitrogens with zero attached hydrogens (tertiary/aromatic N) is 5. The van der Waals surface area contributed by atoms with Gasteiger partial charge in [0.1, 0.15) is 0 Å². The van der Waals surface area contributed by atoms with Crippen molar-refractivity contribution in [1.82, 2.24) is 20.3 Å². The SMILES string of the molecule is CC(=O)c1ccc(C(=O)NCc2nc(N(C)C)nc(N3CCOCC3)n2)s1. The van der Waals surface area contributed by atoms with E-state index < -0.39 is 0 Å². The minimum absolute atomic E-state index is 0.0534. The topological polar surface area (TPSA) is 101 Å². The molecule has 144 valence electrons. The molecule has 0 aliphatic carbocycles. The molecule has 0 atom stereocenters. The van der Waals surface area contributed by atoms with Crippen LogP contribution in [0.1, 0.15) is 32.1 Å². The van der Waals surface area contributed by atoms with Gasteiger partial charge in [0.2, 0.25) is 11.9 Å². The van der Waals surface area contributed by atoms with Gasteiger partial charge in [0.25, 0.3) is 5.91 Å². The molecule has 0 aromatic carbocycles. The van der Waals surface area contributed by atoms with Crippen LogP contribution >= 0.6 is 11.3 Å². The highest BCUT2D eigenvalue weighted by atomic mass is 32.1. The number of amides is 1. The monoisotopic (exact) mass is 390 g/mol. The lowest BCUT2D eigenvalue weighted by atomic mass is 10.3. The molecule has 1 aliphatic heterocycles. The lowest BCUT2D eigenvalue weighted by Gasteiger charge is -2.27. The van der Waals surface area contributed by atoms with Gasteiger partial charge in [-0.3, -0.25) is 9.59 Å². The smallest absolute Gasteiger partial charge is 0.261 e. The zero-order valence-electron chi connectivity index (χ0n) is 15.6. The normalized spacial score (nSPS) is 14.1. The molecule has 0 bridgehead atoms. The standard InChI is InChI=1S/C17H22N6O3S/c1-11(24)12-4-5-13(27-12)15(25)18-10-14-19-16(22(2)3)21-17(20-14)23-6-8-26-9-7-23/h4-5H,6-10H2,1-3H3,(H,18,25). The first kappa shape index (κ1) is 19.2. The number of hydrogen-bond donors (Lipinski definition) is 1. The Kier molecular flexibility index (Phi) is 5.97. The lowest BCUT2D eigenvalue weighted by Crippen LogP contribution is -2.38. The zero-order valence-corrected chi connectivity index (χ0v) is 16.4. The van der Waals surface area contributed by atoms with E-state index in [1.54, 1.807) is 17.0 Å². The molecular formula is C17H22N6O3S. The number of morpholine rings is 1. The Hall–Kier alpha value is -2.59. The average Bonchev–Trinajstić information content (AvgIpc) is 3.17. The van der Waals surface area contributed by atoms with Crippen LogP contribution in [0.4, 0.5) is 11.9 Å². The largest absolute Gasteiger partial charge is 0.378 e. The number of ketones is 1. The van der Waals surface area contributed by atoms with Crippen molar-refractivity contribution >= 4 is 34.9 Å². The summed E-state index contributed by atoms with van der Waals surface area (Å²) in [6.07, 6.45) is 0. The van der Waals surface area contributed by atoms with Crippen molar-refractivity contribution in [3.05, 3.63) is 27.7 Å². The summed E-state index contributed by atoms with van der Waals surface area (Å²) in [5.41, 5.74) is 0. The Morgan fingerprint density at radius 1 is 1.19 bits per heavy atom. The highest BCUT2D eigenvalue weighted by molar-refractivity contribution is 7.15. The molecular weight excluding hydrogens is 368 g/mol. The zero-order chi connectivity index (χ0) is 19.4. The van der Waals surface area contributed by atoms with Crippen molar-refractivity contribution in [3.8, 4) is 0 Å². The van der Waals surface area contributed by atoms with Crippen LogP contribution < -0.4 is 15.1 Å². The second-order valence-electron chi connectivity index (χ2n) is 6.25. The van der Waals surface area contributed by atoms with Gasteiger partial charge in [-0.1, -0.05) is 0 Å². The summed E-state index contributed by atoms with van der Waals surface area (Å²) in [7, 11) is 3.71. The Balaban J connectivity index is 1.73. The molecule has 2 aromatic rings. The first-order valence-electron chi connectivity index (χ1n) is 8.58. The van der Waals surface area contributed by atoms with Crippen molar-refractivity contribution in [2.75, 3.05) is 50.2 Å². The van der Waals surface area contributed by atoms with E-state index in [-0.39, 0.29) is 18.2 Å². The molecule has 10 heteroatoms. The molecule has 0 spiro atoms. The van der Waals surface area contributed by atoms with Crippen LogP contribution in [0.2, 0.25) is 0 Å². The third kappa shape index (κ3) is 4.77. The van der Waals surface area contributed by atoms with E-state index in [0.29, 0.717) is 53.8 Å². The van der Waals surface area contributed by atoms with Gasteiger partial charge in [-0.2, -0.15) is 15.0 Å². The van der Waals surface area contributed by atoms with E-state index >= 15 is 0 Å². The Morgan fingerprint density at radius 2 is 1.89 bits per heavy atom. The van der Waals surface area contributed by atoms with Gasteiger partial charge in [0.05, 0.1) is 29.5 Å². The van der Waals surface area contributed by atoms with Crippen molar-refractivity contribution in [2.45, 2.75) is 13.5 Å². The number of ether oxygens (including phenoxy) is 1. The highest BCUT2D eigenvalue weighted by Crippen LogP contribution is 2.17. The van der Waals surface area contributed by atoms with Crippen molar-refractivity contribution in [2.24, 2.45) is 0 Å². The van der Waals surface area contributed by atoms with Crippen molar-refractivity contribution < 1.29 is 14.3 Å². The lowest BCUT2D eigenvalue weighted by molar-refractivity contribution is 0.0953. The number of carbonyl (C=O) groups is 2. The molecule has 9 nitrogen and oxygen atoms in total. The Labute approximate surface area is 161 Å². The van der Waals surface area contributed by atoms with Crippen molar-refractivity contribution in [1.29, 1.82) is 0 Å². The van der Waals surface area contributed by atoms with Crippen LogP contribution in [0.5, 0.6) is 0 Å². The van der Waals surface area contributed by atoms with Gasteiger partial charge < -0.3 is 19.9 Å². The van der Waals surface area contributed by atoms with Crippen LogP contribution in [0.3, 0.4) is 0 Å². The van der Waals surface area contributed by atoms with Gasteiger partial charge in [-0.05, 0) is 19.1 Å². The summed E-state index contributed by atoms with van der Waals surface area (Å²) in [5, 5.41) is 2.81. The molecule has 3 heterocycles. The molecule has 1 amide bonds. The molecule has 3 rings (SSSR count). The molecule has 2 aromatic heterocycles. The second-order valence-corrected chi connectivity index (χ2v) is 7.33. The molecule has 1 fully saturated rings. The van der Waals surface area contributed by atoms with E-state index in [2.05, 4.69) is 20.3 Å². The summed E-state index contributed by atoms with van der Waals surface area (Å²) in [6.45, 7) is 4.34. The maximum Gasteiger partial charge on any atom is 0.261 e. The summed E-state index contributed by atoms with van der Waals surface area (Å²) in [6, 6.07) is 3.31. The molecule has 27 heavy (non-hydrogen) atoms. The number of aromatic nitrogens is 3. The molecule has 0 radical (unpaired) electrons. The number of hydrogen-bond acceptors (Lipinski definition) is 9. The maximum absolute atomic E-state index is 12.3. The summed E-state index contributed by atoms with van der Waals surface area (Å²) < 4.78 is 5.37. The predicted molar refractivity (Wildman–Crippen MR) is 103 cm³/mol. The number of Topliss-reactive ketones (excluding diaryl/α,β-unsaturated/α-hetero) is 1. The van der Waals surface area contributed by atoms with Gasteiger partial charge in [-0.15, -0.1) is 11.3 Å². The second kappa shape index (κ2) is 8.40. The fraction of sp³-hybridized carbons (Fsp3) is 0.471. The van der Waals surface area contributed by atoms with Gasteiger partial charge in [-0.25, -0.2) is 0 Å². The van der Waals surface area contributed by atoms with Crippen LogP contribution in [0.25, 0.3) is 0 Å². The quantitative estimate of drug-likeness (QED) is 0.728.